The molecule has 0 spiro atoms. The van der Waals surface area contributed by atoms with Gasteiger partial charge in [0.05, 0.1) is 6.61 Å². The average Bonchev–Trinajstić information content (AvgIpc) is 2.67. The second-order valence-corrected chi connectivity index (χ2v) is 5.82. The van der Waals surface area contributed by atoms with Crippen LogP contribution in [-0.4, -0.2) is 17.1 Å². The van der Waals surface area contributed by atoms with Gasteiger partial charge in [-0.15, -0.1) is 0 Å². The number of ether oxygens (including phenoxy) is 1. The molecule has 19 heavy (non-hydrogen) atoms. The van der Waals surface area contributed by atoms with Crippen molar-refractivity contribution in [3.63, 3.8) is 0 Å². The van der Waals surface area contributed by atoms with E-state index in [0.29, 0.717) is 15.4 Å². The summed E-state index contributed by atoms with van der Waals surface area (Å²) in [4.78, 5) is 12.4. The Morgan fingerprint density at radius 3 is 2.53 bits per heavy atom. The van der Waals surface area contributed by atoms with Crippen molar-refractivity contribution >= 4 is 29.5 Å². The Labute approximate surface area is 121 Å². The van der Waals surface area contributed by atoms with Crippen molar-refractivity contribution in [3.05, 3.63) is 44.4 Å². The molecule has 0 aliphatic rings. The number of hydrogen-bond donors (Lipinski definition) is 0. The highest BCUT2D eigenvalue weighted by Crippen LogP contribution is 2.24. The molecule has 0 bridgehead atoms. The summed E-state index contributed by atoms with van der Waals surface area (Å²) in [7, 11) is 0. The fourth-order valence-corrected chi connectivity index (χ4v) is 3.21. The number of benzene rings is 1. The molecule has 0 saturated heterocycles. The molecule has 1 heterocycles. The summed E-state index contributed by atoms with van der Waals surface area (Å²) in [6, 6.07) is 8.05. The molecule has 1 aromatic carbocycles. The minimum Gasteiger partial charge on any atom is -0.462 e. The van der Waals surface area contributed by atoms with Gasteiger partial charge in [0.1, 0.15) is 4.88 Å². The fourth-order valence-electron chi connectivity index (χ4n) is 1.82. The van der Waals surface area contributed by atoms with E-state index < -0.39 is 0 Å². The minimum atomic E-state index is -0.304. The number of carbonyl (C=O) groups excluding carboxylic acids is 1. The lowest BCUT2D eigenvalue weighted by Gasteiger charge is -2.07. The standard InChI is InChI=1S/C14H15NO2S2/c1-4-17-13(16)12-10(3)15(14(18)19-12)11-7-5-9(2)6-8-11/h5-8H,4H2,1-3H3. The summed E-state index contributed by atoms with van der Waals surface area (Å²) in [5.41, 5.74) is 2.99. The molecule has 0 unspecified atom stereocenters. The van der Waals surface area contributed by atoms with Crippen LogP contribution in [0.5, 0.6) is 0 Å². The summed E-state index contributed by atoms with van der Waals surface area (Å²) in [5.74, 6) is -0.304. The molecule has 0 atom stereocenters. The van der Waals surface area contributed by atoms with Crippen LogP contribution >= 0.6 is 23.6 Å². The van der Waals surface area contributed by atoms with E-state index in [9.17, 15) is 4.79 Å². The lowest BCUT2D eigenvalue weighted by molar-refractivity contribution is 0.0531. The molecule has 0 saturated carbocycles. The van der Waals surface area contributed by atoms with Crippen LogP contribution in [0.15, 0.2) is 24.3 Å². The van der Waals surface area contributed by atoms with E-state index in [1.54, 1.807) is 6.92 Å². The number of esters is 1. The van der Waals surface area contributed by atoms with E-state index >= 15 is 0 Å². The molecule has 0 aliphatic carbocycles. The number of hydrogen-bond acceptors (Lipinski definition) is 4. The lowest BCUT2D eigenvalue weighted by atomic mass is 10.2. The van der Waals surface area contributed by atoms with Crippen LogP contribution in [0.25, 0.3) is 5.69 Å². The molecule has 1 aromatic heterocycles. The molecule has 0 amide bonds. The first-order chi connectivity index (χ1) is 9.04. The molecule has 2 rings (SSSR count). The van der Waals surface area contributed by atoms with Crippen LogP contribution in [0.1, 0.15) is 27.9 Å². The van der Waals surface area contributed by atoms with Gasteiger partial charge in [0.15, 0.2) is 3.95 Å². The van der Waals surface area contributed by atoms with Crippen LogP contribution < -0.4 is 0 Å². The van der Waals surface area contributed by atoms with Gasteiger partial charge in [-0.25, -0.2) is 4.79 Å². The van der Waals surface area contributed by atoms with E-state index in [4.69, 9.17) is 17.0 Å². The zero-order chi connectivity index (χ0) is 14.0. The van der Waals surface area contributed by atoms with Crippen molar-refractivity contribution in [2.24, 2.45) is 0 Å². The monoisotopic (exact) mass is 293 g/mol. The van der Waals surface area contributed by atoms with Crippen molar-refractivity contribution < 1.29 is 9.53 Å². The summed E-state index contributed by atoms with van der Waals surface area (Å²) in [6.07, 6.45) is 0. The third-order valence-corrected chi connectivity index (χ3v) is 4.24. The Balaban J connectivity index is 2.51. The Morgan fingerprint density at radius 2 is 1.95 bits per heavy atom. The zero-order valence-corrected chi connectivity index (χ0v) is 12.7. The van der Waals surface area contributed by atoms with Gasteiger partial charge < -0.3 is 4.74 Å². The molecule has 0 aliphatic heterocycles. The number of thiazole rings is 1. The number of rotatable bonds is 3. The maximum absolute atomic E-state index is 11.8. The summed E-state index contributed by atoms with van der Waals surface area (Å²) < 4.78 is 7.61. The van der Waals surface area contributed by atoms with Crippen LogP contribution in [0.2, 0.25) is 0 Å². The quantitative estimate of drug-likeness (QED) is 0.631. The van der Waals surface area contributed by atoms with Crippen molar-refractivity contribution in [1.82, 2.24) is 4.57 Å². The Hall–Kier alpha value is -1.46. The summed E-state index contributed by atoms with van der Waals surface area (Å²) in [6.45, 7) is 6.09. The Bertz CT molecular complexity index is 653. The highest BCUT2D eigenvalue weighted by Gasteiger charge is 2.17. The maximum Gasteiger partial charge on any atom is 0.350 e. The van der Waals surface area contributed by atoms with Crippen molar-refractivity contribution in [2.75, 3.05) is 6.61 Å². The molecule has 3 nitrogen and oxygen atoms in total. The lowest BCUT2D eigenvalue weighted by Crippen LogP contribution is -2.06. The van der Waals surface area contributed by atoms with Crippen molar-refractivity contribution in [3.8, 4) is 5.69 Å². The molecular formula is C14H15NO2S2. The van der Waals surface area contributed by atoms with Crippen LogP contribution in [0.3, 0.4) is 0 Å². The van der Waals surface area contributed by atoms with Crippen molar-refractivity contribution in [1.29, 1.82) is 0 Å². The van der Waals surface area contributed by atoms with Gasteiger partial charge in [-0.05, 0) is 45.1 Å². The van der Waals surface area contributed by atoms with Crippen molar-refractivity contribution in [2.45, 2.75) is 20.8 Å². The van der Waals surface area contributed by atoms with E-state index in [1.807, 2.05) is 42.7 Å². The Kier molecular flexibility index (Phi) is 4.17. The summed E-state index contributed by atoms with van der Waals surface area (Å²) >= 11 is 6.64. The van der Waals surface area contributed by atoms with Gasteiger partial charge >= 0.3 is 5.97 Å². The van der Waals surface area contributed by atoms with Crippen LogP contribution in [0, 0.1) is 17.8 Å². The predicted octanol–water partition coefficient (Wildman–Crippen LogP) is 4.06. The first-order valence-corrected chi connectivity index (χ1v) is 7.23. The van der Waals surface area contributed by atoms with Crippen LogP contribution in [-0.2, 0) is 4.74 Å². The van der Waals surface area contributed by atoms with Gasteiger partial charge in [0.25, 0.3) is 0 Å². The zero-order valence-electron chi connectivity index (χ0n) is 11.1. The topological polar surface area (TPSA) is 31.2 Å². The normalized spacial score (nSPS) is 10.5. The van der Waals surface area contributed by atoms with Gasteiger partial charge in [-0.1, -0.05) is 29.0 Å². The first-order valence-electron chi connectivity index (χ1n) is 6.01. The second kappa shape index (κ2) is 5.67. The molecule has 2 aromatic rings. The Morgan fingerprint density at radius 1 is 1.32 bits per heavy atom. The van der Waals surface area contributed by atoms with E-state index in [2.05, 4.69) is 0 Å². The van der Waals surface area contributed by atoms with Gasteiger partial charge in [-0.2, -0.15) is 0 Å². The molecular weight excluding hydrogens is 278 g/mol. The smallest absolute Gasteiger partial charge is 0.350 e. The maximum atomic E-state index is 11.8. The van der Waals surface area contributed by atoms with Gasteiger partial charge in [0, 0.05) is 11.4 Å². The largest absolute Gasteiger partial charge is 0.462 e. The average molecular weight is 293 g/mol. The fraction of sp³-hybridized carbons (Fsp3) is 0.286. The number of aromatic nitrogens is 1. The predicted molar refractivity (Wildman–Crippen MR) is 79.9 cm³/mol. The molecule has 5 heteroatoms. The molecule has 0 radical (unpaired) electrons. The number of carbonyl (C=O) groups is 1. The third kappa shape index (κ3) is 2.77. The van der Waals surface area contributed by atoms with E-state index in [-0.39, 0.29) is 5.97 Å². The first kappa shape index (κ1) is 14.0. The minimum absolute atomic E-state index is 0.304. The summed E-state index contributed by atoms with van der Waals surface area (Å²) in [5, 5.41) is 0. The third-order valence-electron chi connectivity index (χ3n) is 2.79. The molecule has 100 valence electrons. The molecule has 0 fully saturated rings. The van der Waals surface area contributed by atoms with Gasteiger partial charge in [-0.3, -0.25) is 4.57 Å². The second-order valence-electron chi connectivity index (χ2n) is 4.17. The highest BCUT2D eigenvalue weighted by atomic mass is 32.1. The van der Waals surface area contributed by atoms with Crippen LogP contribution in [0.4, 0.5) is 0 Å². The highest BCUT2D eigenvalue weighted by molar-refractivity contribution is 7.73. The molecule has 0 N–H and O–H groups in total. The number of nitrogens with zero attached hydrogens (tertiary/aromatic N) is 1. The number of aryl methyl sites for hydroxylation is 1. The van der Waals surface area contributed by atoms with E-state index in [0.717, 1.165) is 11.4 Å². The SMILES string of the molecule is CCOC(=O)c1sc(=S)n(-c2ccc(C)cc2)c1C. The van der Waals surface area contributed by atoms with Gasteiger partial charge in [0.2, 0.25) is 0 Å². The van der Waals surface area contributed by atoms with E-state index in [1.165, 1.54) is 16.9 Å².